The van der Waals surface area contributed by atoms with Crippen molar-refractivity contribution >= 4 is 0 Å². The van der Waals surface area contributed by atoms with Crippen LogP contribution in [0.1, 0.15) is 51.9 Å². The summed E-state index contributed by atoms with van der Waals surface area (Å²) >= 11 is 0. The van der Waals surface area contributed by atoms with Gasteiger partial charge in [-0.15, -0.1) is 0 Å². The van der Waals surface area contributed by atoms with Crippen LogP contribution in [-0.2, 0) is 0 Å². The molecule has 0 saturated heterocycles. The zero-order valence-corrected chi connectivity index (χ0v) is 11.5. The van der Waals surface area contributed by atoms with Crippen molar-refractivity contribution in [3.05, 3.63) is 0 Å². The molecule has 0 radical (unpaired) electrons. The number of rotatable bonds is 5. The summed E-state index contributed by atoms with van der Waals surface area (Å²) in [6.45, 7) is 2.07. The first kappa shape index (κ1) is 15.1. The van der Waals surface area contributed by atoms with Gasteiger partial charge < -0.3 is 10.8 Å². The van der Waals surface area contributed by atoms with Crippen molar-refractivity contribution < 1.29 is 18.3 Å². The van der Waals surface area contributed by atoms with Crippen molar-refractivity contribution in [3.63, 3.8) is 0 Å². The second-order valence-corrected chi connectivity index (χ2v) is 6.68. The number of aliphatic hydroxyl groups is 1. The van der Waals surface area contributed by atoms with Crippen LogP contribution in [0.15, 0.2) is 0 Å². The number of halogens is 3. The van der Waals surface area contributed by atoms with Gasteiger partial charge in [-0.1, -0.05) is 6.42 Å². The zero-order chi connectivity index (χ0) is 14.3. The van der Waals surface area contributed by atoms with E-state index in [0.29, 0.717) is 18.4 Å². The first-order valence-electron chi connectivity index (χ1n) is 7.19. The van der Waals surface area contributed by atoms with Gasteiger partial charge in [0.1, 0.15) is 0 Å². The van der Waals surface area contributed by atoms with Crippen LogP contribution in [0, 0.1) is 17.3 Å². The second-order valence-electron chi connectivity index (χ2n) is 6.68. The van der Waals surface area contributed by atoms with E-state index in [1.165, 1.54) is 6.42 Å². The predicted octanol–water partition coefficient (Wildman–Crippen LogP) is 3.24. The molecule has 2 aliphatic rings. The Hall–Kier alpha value is -0.290. The number of fused-ring (bicyclic) bond motifs is 2. The Morgan fingerprint density at radius 3 is 2.37 bits per heavy atom. The number of hydrogen-bond donors (Lipinski definition) is 2. The molecule has 0 aromatic carbocycles. The van der Waals surface area contributed by atoms with Crippen LogP contribution >= 0.6 is 0 Å². The molecular weight excluding hydrogens is 255 g/mol. The van der Waals surface area contributed by atoms with E-state index in [2.05, 4.69) is 0 Å². The maximum Gasteiger partial charge on any atom is 0.389 e. The van der Waals surface area contributed by atoms with Crippen molar-refractivity contribution in [2.45, 2.75) is 63.6 Å². The van der Waals surface area contributed by atoms with Crippen LogP contribution in [-0.4, -0.2) is 23.4 Å². The molecule has 0 aromatic heterocycles. The van der Waals surface area contributed by atoms with Gasteiger partial charge in [-0.25, -0.2) is 0 Å². The van der Waals surface area contributed by atoms with E-state index in [-0.39, 0.29) is 18.3 Å². The molecule has 0 aromatic rings. The minimum atomic E-state index is -4.14. The Morgan fingerprint density at radius 2 is 1.95 bits per heavy atom. The highest BCUT2D eigenvalue weighted by Crippen LogP contribution is 2.60. The number of nitrogens with two attached hydrogens (primary N) is 1. The quantitative estimate of drug-likeness (QED) is 0.811. The largest absolute Gasteiger partial charge is 0.390 e. The lowest BCUT2D eigenvalue weighted by Gasteiger charge is -2.48. The Morgan fingerprint density at radius 1 is 1.26 bits per heavy atom. The standard InChI is InChI=1S/C14H24F3NO/c1-12(19,5-2-6-14(15,16)17)13(9-18)8-10-3-4-11(13)7-10/h10-11,19H,2-9,18H2,1H3. The minimum Gasteiger partial charge on any atom is -0.390 e. The lowest BCUT2D eigenvalue weighted by molar-refractivity contribution is -0.144. The monoisotopic (exact) mass is 279 g/mol. The number of alkyl halides is 3. The summed E-state index contributed by atoms with van der Waals surface area (Å²) in [5, 5.41) is 10.7. The second kappa shape index (κ2) is 4.92. The van der Waals surface area contributed by atoms with Crippen molar-refractivity contribution in [2.24, 2.45) is 23.0 Å². The maximum absolute atomic E-state index is 12.2. The molecule has 112 valence electrons. The highest BCUT2D eigenvalue weighted by atomic mass is 19.4. The van der Waals surface area contributed by atoms with Crippen LogP contribution in [0.2, 0.25) is 0 Å². The molecule has 0 heterocycles. The molecule has 0 amide bonds. The molecule has 2 fully saturated rings. The molecule has 2 nitrogen and oxygen atoms in total. The third-order valence-electron chi connectivity index (χ3n) is 5.54. The van der Waals surface area contributed by atoms with Crippen LogP contribution in [0.5, 0.6) is 0 Å². The first-order valence-corrected chi connectivity index (χ1v) is 7.19. The van der Waals surface area contributed by atoms with Gasteiger partial charge in [0.05, 0.1) is 5.60 Å². The fraction of sp³-hybridized carbons (Fsp3) is 1.00. The average molecular weight is 279 g/mol. The van der Waals surface area contributed by atoms with Gasteiger partial charge in [0.2, 0.25) is 0 Å². The van der Waals surface area contributed by atoms with Crippen molar-refractivity contribution in [2.75, 3.05) is 6.54 Å². The summed E-state index contributed by atoms with van der Waals surface area (Å²) in [6, 6.07) is 0. The van der Waals surface area contributed by atoms with E-state index < -0.39 is 18.2 Å². The smallest absolute Gasteiger partial charge is 0.389 e. The van der Waals surface area contributed by atoms with Crippen LogP contribution in [0.3, 0.4) is 0 Å². The van der Waals surface area contributed by atoms with Crippen molar-refractivity contribution in [1.29, 1.82) is 0 Å². The van der Waals surface area contributed by atoms with Crippen LogP contribution in [0.4, 0.5) is 13.2 Å². The normalized spacial score (nSPS) is 37.6. The molecule has 3 N–H and O–H groups in total. The fourth-order valence-corrected chi connectivity index (χ4v) is 4.46. The molecule has 4 unspecified atom stereocenters. The van der Waals surface area contributed by atoms with Gasteiger partial charge >= 0.3 is 6.18 Å². The maximum atomic E-state index is 12.2. The summed E-state index contributed by atoms with van der Waals surface area (Å²) < 4.78 is 36.7. The Labute approximate surface area is 112 Å². The summed E-state index contributed by atoms with van der Waals surface area (Å²) in [6.07, 6.45) is -0.566. The number of hydrogen-bond acceptors (Lipinski definition) is 2. The summed E-state index contributed by atoms with van der Waals surface area (Å²) in [7, 11) is 0. The Balaban J connectivity index is 2.01. The molecule has 0 spiro atoms. The topological polar surface area (TPSA) is 46.2 Å². The molecule has 2 aliphatic carbocycles. The first-order chi connectivity index (χ1) is 8.70. The van der Waals surface area contributed by atoms with Crippen LogP contribution < -0.4 is 5.73 Å². The molecule has 19 heavy (non-hydrogen) atoms. The fourth-order valence-electron chi connectivity index (χ4n) is 4.46. The third-order valence-corrected chi connectivity index (χ3v) is 5.54. The van der Waals surface area contributed by atoms with Gasteiger partial charge in [0.25, 0.3) is 0 Å². The van der Waals surface area contributed by atoms with E-state index in [1.807, 2.05) is 0 Å². The summed E-state index contributed by atoms with van der Waals surface area (Å²) in [4.78, 5) is 0. The average Bonchev–Trinajstić information content (AvgIpc) is 2.86. The molecule has 2 saturated carbocycles. The summed E-state index contributed by atoms with van der Waals surface area (Å²) in [5.74, 6) is 1.01. The highest BCUT2D eigenvalue weighted by Gasteiger charge is 2.58. The van der Waals surface area contributed by atoms with Gasteiger partial charge in [-0.3, -0.25) is 0 Å². The highest BCUT2D eigenvalue weighted by molar-refractivity contribution is 5.09. The van der Waals surface area contributed by atoms with E-state index in [1.54, 1.807) is 6.92 Å². The summed E-state index contributed by atoms with van der Waals surface area (Å²) in [5.41, 5.74) is 4.48. The van der Waals surface area contributed by atoms with E-state index in [4.69, 9.17) is 5.73 Å². The van der Waals surface area contributed by atoms with Crippen LogP contribution in [0.25, 0.3) is 0 Å². The van der Waals surface area contributed by atoms with E-state index in [0.717, 1.165) is 19.3 Å². The Kier molecular flexibility index (Phi) is 3.91. The van der Waals surface area contributed by atoms with Gasteiger partial charge in [0, 0.05) is 18.4 Å². The lowest BCUT2D eigenvalue weighted by atomic mass is 9.61. The predicted molar refractivity (Wildman–Crippen MR) is 67.5 cm³/mol. The lowest BCUT2D eigenvalue weighted by Crippen LogP contribution is -2.54. The molecule has 5 heteroatoms. The van der Waals surface area contributed by atoms with Crippen molar-refractivity contribution in [1.82, 2.24) is 0 Å². The third kappa shape index (κ3) is 2.77. The Bertz CT molecular complexity index is 329. The molecule has 0 aliphatic heterocycles. The SMILES string of the molecule is CC(O)(CCCC(F)(F)F)C1(CN)CC2CCC1C2. The van der Waals surface area contributed by atoms with E-state index in [9.17, 15) is 18.3 Å². The molecule has 2 rings (SSSR count). The van der Waals surface area contributed by atoms with Gasteiger partial charge in [0.15, 0.2) is 0 Å². The van der Waals surface area contributed by atoms with Gasteiger partial charge in [-0.2, -0.15) is 13.2 Å². The molecule has 4 atom stereocenters. The zero-order valence-electron chi connectivity index (χ0n) is 11.5. The van der Waals surface area contributed by atoms with E-state index >= 15 is 0 Å². The van der Waals surface area contributed by atoms with Crippen molar-refractivity contribution in [3.8, 4) is 0 Å². The minimum absolute atomic E-state index is 0.0182. The van der Waals surface area contributed by atoms with Gasteiger partial charge in [-0.05, 0) is 50.9 Å². The molecular formula is C14H24F3NO. The molecule has 2 bridgehead atoms.